The maximum absolute atomic E-state index is 12.5. The Labute approximate surface area is 183 Å². The van der Waals surface area contributed by atoms with Gasteiger partial charge >= 0.3 is 0 Å². The molecule has 4 heteroatoms. The molecule has 1 rings (SSSR count). The van der Waals surface area contributed by atoms with Gasteiger partial charge in [-0.15, -0.1) is 0 Å². The van der Waals surface area contributed by atoms with Crippen LogP contribution in [0.1, 0.15) is 90.9 Å². The highest BCUT2D eigenvalue weighted by Crippen LogP contribution is 2.26. The number of methoxy groups -OCH3 is 2. The maximum atomic E-state index is 12.5. The second-order valence-corrected chi connectivity index (χ2v) is 7.87. The molecular formula is C26H40O4. The number of carbonyl (C=O) groups is 2. The Morgan fingerprint density at radius 2 is 1.20 bits per heavy atom. The molecule has 0 aliphatic heterocycles. The van der Waals surface area contributed by atoms with Crippen LogP contribution in [0.3, 0.4) is 0 Å². The van der Waals surface area contributed by atoms with Gasteiger partial charge in [0.1, 0.15) is 0 Å². The predicted octanol–water partition coefficient (Wildman–Crippen LogP) is 6.77. The Hall–Kier alpha value is -2.10. The summed E-state index contributed by atoms with van der Waals surface area (Å²) in [6.07, 6.45) is 23.4. The molecule has 0 saturated heterocycles. The molecule has 0 unspecified atom stereocenters. The first-order chi connectivity index (χ1) is 14.6. The van der Waals surface area contributed by atoms with Gasteiger partial charge in [-0.2, -0.15) is 0 Å². The van der Waals surface area contributed by atoms with E-state index in [0.717, 1.165) is 6.42 Å². The highest BCUT2D eigenvalue weighted by Gasteiger charge is 2.33. The van der Waals surface area contributed by atoms with E-state index in [-0.39, 0.29) is 23.1 Å². The van der Waals surface area contributed by atoms with E-state index in [1.807, 2.05) is 12.2 Å². The summed E-state index contributed by atoms with van der Waals surface area (Å²) in [5.74, 6) is -0.679. The van der Waals surface area contributed by atoms with Crippen LogP contribution < -0.4 is 0 Å². The van der Waals surface area contributed by atoms with E-state index in [1.54, 1.807) is 13.0 Å². The third kappa shape index (κ3) is 8.73. The lowest BCUT2D eigenvalue weighted by atomic mass is 9.93. The van der Waals surface area contributed by atoms with Crippen LogP contribution in [0.4, 0.5) is 0 Å². The number of ketones is 2. The predicted molar refractivity (Wildman–Crippen MR) is 123 cm³/mol. The SMILES string of the molecule is CCCCCCCCCCCCCC=CC=CC1=C(C)C(=O)C(OC)=C(OC)C1=O. The highest BCUT2D eigenvalue weighted by atomic mass is 16.5. The number of rotatable bonds is 16. The lowest BCUT2D eigenvalue weighted by molar-refractivity contribution is -0.120. The molecule has 0 N–H and O–H groups in total. The fourth-order valence-corrected chi connectivity index (χ4v) is 3.62. The topological polar surface area (TPSA) is 52.6 Å². The summed E-state index contributed by atoms with van der Waals surface area (Å²) < 4.78 is 10.1. The van der Waals surface area contributed by atoms with E-state index in [4.69, 9.17) is 9.47 Å². The van der Waals surface area contributed by atoms with Gasteiger partial charge in [0.2, 0.25) is 23.1 Å². The van der Waals surface area contributed by atoms with Gasteiger partial charge in [-0.3, -0.25) is 9.59 Å². The maximum Gasteiger partial charge on any atom is 0.232 e. The minimum Gasteiger partial charge on any atom is -0.489 e. The van der Waals surface area contributed by atoms with Crippen molar-refractivity contribution in [1.29, 1.82) is 0 Å². The number of unbranched alkanes of at least 4 members (excludes halogenated alkanes) is 11. The third-order valence-electron chi connectivity index (χ3n) is 5.50. The molecule has 0 amide bonds. The van der Waals surface area contributed by atoms with Crippen LogP contribution in [0.25, 0.3) is 0 Å². The van der Waals surface area contributed by atoms with Crippen LogP contribution in [0.2, 0.25) is 0 Å². The Bertz CT molecular complexity index is 665. The Balaban J connectivity index is 2.25. The number of ether oxygens (including phenoxy) is 2. The lowest BCUT2D eigenvalue weighted by Crippen LogP contribution is -2.24. The Kier molecular flexibility index (Phi) is 13.6. The van der Waals surface area contributed by atoms with Crippen molar-refractivity contribution in [3.63, 3.8) is 0 Å². The molecule has 0 saturated carbocycles. The van der Waals surface area contributed by atoms with Gasteiger partial charge in [0, 0.05) is 11.1 Å². The molecule has 0 radical (unpaired) electrons. The fourth-order valence-electron chi connectivity index (χ4n) is 3.62. The number of hydrogen-bond acceptors (Lipinski definition) is 4. The monoisotopic (exact) mass is 416 g/mol. The standard InChI is InChI=1S/C26H40O4/c1-5-6-7-8-9-10-11-12-13-14-15-16-17-18-19-20-22-21(2)23(27)25(29-3)26(30-4)24(22)28/h17-20H,5-16H2,1-4H3. The molecule has 168 valence electrons. The number of hydrogen-bond donors (Lipinski definition) is 0. The van der Waals surface area contributed by atoms with Crippen LogP contribution in [-0.4, -0.2) is 25.8 Å². The molecule has 0 bridgehead atoms. The Morgan fingerprint density at radius 3 is 1.73 bits per heavy atom. The summed E-state index contributed by atoms with van der Waals surface area (Å²) in [6, 6.07) is 0. The van der Waals surface area contributed by atoms with Gasteiger partial charge in [0.25, 0.3) is 0 Å². The van der Waals surface area contributed by atoms with E-state index >= 15 is 0 Å². The fraction of sp³-hybridized carbons (Fsp3) is 0.615. The van der Waals surface area contributed by atoms with Crippen LogP contribution in [0.5, 0.6) is 0 Å². The zero-order chi connectivity index (χ0) is 22.2. The van der Waals surface area contributed by atoms with E-state index < -0.39 is 0 Å². The second kappa shape index (κ2) is 15.7. The molecule has 30 heavy (non-hydrogen) atoms. The lowest BCUT2D eigenvalue weighted by Gasteiger charge is -2.18. The molecular weight excluding hydrogens is 376 g/mol. The molecule has 0 heterocycles. The summed E-state index contributed by atoms with van der Waals surface area (Å²) in [5, 5.41) is 0. The van der Waals surface area contributed by atoms with Crippen molar-refractivity contribution >= 4 is 11.6 Å². The van der Waals surface area contributed by atoms with E-state index in [1.165, 1.54) is 84.8 Å². The molecule has 0 spiro atoms. The average Bonchev–Trinajstić information content (AvgIpc) is 2.75. The van der Waals surface area contributed by atoms with Gasteiger partial charge in [-0.05, 0) is 19.8 Å². The van der Waals surface area contributed by atoms with Crippen LogP contribution in [-0.2, 0) is 19.1 Å². The summed E-state index contributed by atoms with van der Waals surface area (Å²) in [7, 11) is 2.74. The third-order valence-corrected chi connectivity index (χ3v) is 5.50. The molecule has 0 atom stereocenters. The minimum absolute atomic E-state index is 0.0239. The van der Waals surface area contributed by atoms with Crippen molar-refractivity contribution in [2.45, 2.75) is 90.9 Å². The normalized spacial score (nSPS) is 15.2. The quantitative estimate of drug-likeness (QED) is 0.158. The molecule has 0 aromatic carbocycles. The van der Waals surface area contributed by atoms with Crippen molar-refractivity contribution in [2.75, 3.05) is 14.2 Å². The smallest absolute Gasteiger partial charge is 0.232 e. The molecule has 1 aliphatic carbocycles. The largest absolute Gasteiger partial charge is 0.489 e. The number of Topliss-reactive ketones (excluding diaryl/α,β-unsaturated/α-hetero) is 2. The van der Waals surface area contributed by atoms with Crippen molar-refractivity contribution in [3.05, 3.63) is 47.0 Å². The van der Waals surface area contributed by atoms with E-state index in [0.29, 0.717) is 11.1 Å². The van der Waals surface area contributed by atoms with Gasteiger partial charge in [0.05, 0.1) is 14.2 Å². The van der Waals surface area contributed by atoms with E-state index in [2.05, 4.69) is 13.0 Å². The van der Waals surface area contributed by atoms with E-state index in [9.17, 15) is 9.59 Å². The van der Waals surface area contributed by atoms with Gasteiger partial charge < -0.3 is 9.47 Å². The van der Waals surface area contributed by atoms with Crippen molar-refractivity contribution in [3.8, 4) is 0 Å². The molecule has 0 fully saturated rings. The van der Waals surface area contributed by atoms with Crippen LogP contribution in [0, 0.1) is 0 Å². The molecule has 1 aliphatic rings. The van der Waals surface area contributed by atoms with Crippen molar-refractivity contribution in [2.24, 2.45) is 0 Å². The molecule has 0 aromatic heterocycles. The first-order valence-corrected chi connectivity index (χ1v) is 11.5. The van der Waals surface area contributed by atoms with Gasteiger partial charge in [0.15, 0.2) is 0 Å². The Morgan fingerprint density at radius 1 is 0.700 bits per heavy atom. The molecule has 4 nitrogen and oxygen atoms in total. The van der Waals surface area contributed by atoms with Gasteiger partial charge in [-0.1, -0.05) is 95.4 Å². The van der Waals surface area contributed by atoms with Crippen LogP contribution >= 0.6 is 0 Å². The number of allylic oxidation sites excluding steroid dienone is 6. The van der Waals surface area contributed by atoms with Gasteiger partial charge in [-0.25, -0.2) is 0 Å². The summed E-state index contributed by atoms with van der Waals surface area (Å²) in [4.78, 5) is 24.8. The molecule has 0 aromatic rings. The number of carbonyl (C=O) groups excluding carboxylic acids is 2. The first-order valence-electron chi connectivity index (χ1n) is 11.5. The summed E-state index contributed by atoms with van der Waals surface area (Å²) in [6.45, 7) is 3.90. The zero-order valence-corrected chi connectivity index (χ0v) is 19.4. The van der Waals surface area contributed by atoms with Crippen molar-refractivity contribution < 1.29 is 19.1 Å². The van der Waals surface area contributed by atoms with Crippen LogP contribution in [0.15, 0.2) is 47.0 Å². The second-order valence-electron chi connectivity index (χ2n) is 7.87. The highest BCUT2D eigenvalue weighted by molar-refractivity contribution is 6.24. The van der Waals surface area contributed by atoms with Crippen molar-refractivity contribution in [1.82, 2.24) is 0 Å². The zero-order valence-electron chi connectivity index (χ0n) is 19.4. The average molecular weight is 417 g/mol. The minimum atomic E-state index is -0.318. The summed E-state index contributed by atoms with van der Waals surface area (Å²) in [5.41, 5.74) is 0.740. The summed E-state index contributed by atoms with van der Waals surface area (Å²) >= 11 is 0. The first kappa shape index (κ1) is 25.9.